The monoisotopic (exact) mass is 505 g/mol. The molecule has 2 aromatic rings. The molecule has 5 aliphatic rings. The van der Waals surface area contributed by atoms with Crippen LogP contribution in [-0.2, 0) is 5.60 Å². The minimum absolute atomic E-state index is 0.0951. The number of rotatable bonds is 5. The molecule has 1 saturated heterocycles. The first-order valence-corrected chi connectivity index (χ1v) is 13.8. The second-order valence-electron chi connectivity index (χ2n) is 12.5. The lowest BCUT2D eigenvalue weighted by Gasteiger charge is -2.58. The van der Waals surface area contributed by atoms with Gasteiger partial charge in [0.05, 0.1) is 23.2 Å². The average molecular weight is 506 g/mol. The van der Waals surface area contributed by atoms with Crippen molar-refractivity contribution in [2.75, 3.05) is 36.0 Å². The first-order valence-electron chi connectivity index (χ1n) is 13.8. The van der Waals surface area contributed by atoms with Gasteiger partial charge in [0.1, 0.15) is 17.1 Å². The first kappa shape index (κ1) is 24.6. The van der Waals surface area contributed by atoms with E-state index >= 15 is 0 Å². The molecule has 4 saturated carbocycles. The van der Waals surface area contributed by atoms with Crippen molar-refractivity contribution in [3.63, 3.8) is 0 Å². The second-order valence-corrected chi connectivity index (χ2v) is 12.5. The van der Waals surface area contributed by atoms with Gasteiger partial charge in [-0.3, -0.25) is 9.78 Å². The van der Waals surface area contributed by atoms with E-state index in [1.807, 2.05) is 37.4 Å². The highest BCUT2D eigenvalue weighted by Gasteiger charge is 2.55. The Morgan fingerprint density at radius 1 is 1.03 bits per heavy atom. The SMILES string of the molecule is Cc1ccc(C(=O)NC2C3CC4CC2CC(O)(C4)C3)nc1N1CCN(c2ccc(C(C)(C)O)nc2)CC1. The molecule has 4 bridgehead atoms. The van der Waals surface area contributed by atoms with E-state index < -0.39 is 11.2 Å². The Labute approximate surface area is 219 Å². The topological polar surface area (TPSA) is 102 Å². The van der Waals surface area contributed by atoms with Gasteiger partial charge >= 0.3 is 0 Å². The van der Waals surface area contributed by atoms with Crippen LogP contribution in [0.2, 0.25) is 0 Å². The number of carbonyl (C=O) groups excluding carboxylic acids is 1. The molecule has 37 heavy (non-hydrogen) atoms. The van der Waals surface area contributed by atoms with E-state index in [4.69, 9.17) is 4.98 Å². The molecule has 1 amide bonds. The standard InChI is InChI=1S/C29H39N5O3/c1-18-4-6-23(27(35)32-25-20-12-19-13-21(25)16-29(37,14-19)15-20)31-26(18)34-10-8-33(9-11-34)22-5-7-24(30-17-22)28(2,3)36/h4-7,17,19-21,25,36-37H,8-16H2,1-3H3,(H,32,35). The van der Waals surface area contributed by atoms with Gasteiger partial charge in [0, 0.05) is 32.2 Å². The summed E-state index contributed by atoms with van der Waals surface area (Å²) in [4.78, 5) is 27.2. The first-order chi connectivity index (χ1) is 17.6. The Balaban J connectivity index is 1.11. The number of anilines is 2. The van der Waals surface area contributed by atoms with Crippen LogP contribution in [0.25, 0.3) is 0 Å². The zero-order valence-corrected chi connectivity index (χ0v) is 22.2. The van der Waals surface area contributed by atoms with Gasteiger partial charge in [-0.15, -0.1) is 0 Å². The zero-order valence-electron chi connectivity index (χ0n) is 22.2. The third-order valence-electron chi connectivity index (χ3n) is 9.16. The Hall–Kier alpha value is -2.71. The molecule has 3 N–H and O–H groups in total. The molecule has 2 aromatic heterocycles. The minimum atomic E-state index is -0.950. The van der Waals surface area contributed by atoms with Crippen molar-refractivity contribution in [2.24, 2.45) is 17.8 Å². The van der Waals surface area contributed by atoms with Gasteiger partial charge in [0.2, 0.25) is 0 Å². The molecule has 2 unspecified atom stereocenters. The van der Waals surface area contributed by atoms with Gasteiger partial charge in [-0.1, -0.05) is 6.07 Å². The number of aromatic nitrogens is 2. The average Bonchev–Trinajstić information content (AvgIpc) is 2.85. The van der Waals surface area contributed by atoms with Gasteiger partial charge in [-0.05, 0) is 94.4 Å². The van der Waals surface area contributed by atoms with Crippen LogP contribution in [0.3, 0.4) is 0 Å². The van der Waals surface area contributed by atoms with Crippen molar-refractivity contribution in [1.29, 1.82) is 0 Å². The second kappa shape index (κ2) is 8.95. The summed E-state index contributed by atoms with van der Waals surface area (Å²) in [5, 5.41) is 24.4. The van der Waals surface area contributed by atoms with Crippen molar-refractivity contribution >= 4 is 17.4 Å². The van der Waals surface area contributed by atoms with Crippen LogP contribution in [0.15, 0.2) is 30.5 Å². The van der Waals surface area contributed by atoms with E-state index in [9.17, 15) is 15.0 Å². The van der Waals surface area contributed by atoms with Crippen LogP contribution in [0.1, 0.15) is 67.7 Å². The summed E-state index contributed by atoms with van der Waals surface area (Å²) in [5.41, 5.74) is 1.80. The number of amides is 1. The summed E-state index contributed by atoms with van der Waals surface area (Å²) in [6.45, 7) is 8.80. The van der Waals surface area contributed by atoms with Crippen LogP contribution < -0.4 is 15.1 Å². The molecule has 8 nitrogen and oxygen atoms in total. The molecule has 4 aliphatic carbocycles. The summed E-state index contributed by atoms with van der Waals surface area (Å²) in [6.07, 6.45) is 6.66. The van der Waals surface area contributed by atoms with E-state index in [0.717, 1.165) is 75.4 Å². The molecular weight excluding hydrogens is 466 g/mol. The van der Waals surface area contributed by atoms with Crippen LogP contribution in [0.4, 0.5) is 11.5 Å². The predicted molar refractivity (Wildman–Crippen MR) is 143 cm³/mol. The molecule has 3 heterocycles. The molecule has 8 heteroatoms. The summed E-state index contributed by atoms with van der Waals surface area (Å²) in [6, 6.07) is 7.90. The van der Waals surface area contributed by atoms with Crippen LogP contribution in [-0.4, -0.2) is 63.9 Å². The van der Waals surface area contributed by atoms with Crippen molar-refractivity contribution < 1.29 is 15.0 Å². The number of carbonyl (C=O) groups is 1. The van der Waals surface area contributed by atoms with E-state index in [2.05, 4.69) is 20.1 Å². The van der Waals surface area contributed by atoms with E-state index in [0.29, 0.717) is 29.1 Å². The van der Waals surface area contributed by atoms with Crippen LogP contribution in [0.5, 0.6) is 0 Å². The van der Waals surface area contributed by atoms with E-state index in [-0.39, 0.29) is 11.9 Å². The van der Waals surface area contributed by atoms with Crippen molar-refractivity contribution in [1.82, 2.24) is 15.3 Å². The number of hydrogen-bond donors (Lipinski definition) is 3. The van der Waals surface area contributed by atoms with Gasteiger partial charge < -0.3 is 25.3 Å². The van der Waals surface area contributed by atoms with Crippen molar-refractivity contribution in [3.05, 3.63) is 47.4 Å². The van der Waals surface area contributed by atoms with Crippen LogP contribution >= 0.6 is 0 Å². The van der Waals surface area contributed by atoms with E-state index in [1.165, 1.54) is 0 Å². The molecular formula is C29H39N5O3. The number of aryl methyl sites for hydroxylation is 1. The summed E-state index contributed by atoms with van der Waals surface area (Å²) >= 11 is 0. The highest BCUT2D eigenvalue weighted by Crippen LogP contribution is 2.55. The number of pyridine rings is 2. The van der Waals surface area contributed by atoms with E-state index in [1.54, 1.807) is 13.8 Å². The number of piperazine rings is 1. The number of aliphatic hydroxyl groups is 2. The third-order valence-corrected chi connectivity index (χ3v) is 9.16. The smallest absolute Gasteiger partial charge is 0.270 e. The molecule has 0 radical (unpaired) electrons. The fourth-order valence-corrected chi connectivity index (χ4v) is 7.52. The quantitative estimate of drug-likeness (QED) is 0.574. The Morgan fingerprint density at radius 3 is 2.30 bits per heavy atom. The molecule has 5 fully saturated rings. The minimum Gasteiger partial charge on any atom is -0.390 e. The molecule has 198 valence electrons. The van der Waals surface area contributed by atoms with Crippen molar-refractivity contribution in [2.45, 2.75) is 70.1 Å². The zero-order chi connectivity index (χ0) is 25.9. The van der Waals surface area contributed by atoms with Gasteiger partial charge in [0.25, 0.3) is 5.91 Å². The highest BCUT2D eigenvalue weighted by molar-refractivity contribution is 5.93. The highest BCUT2D eigenvalue weighted by atomic mass is 16.3. The molecule has 0 spiro atoms. The lowest BCUT2D eigenvalue weighted by molar-refractivity contribution is -0.136. The molecule has 0 aromatic carbocycles. The summed E-state index contributed by atoms with van der Waals surface area (Å²) < 4.78 is 0. The third kappa shape index (κ3) is 4.70. The maximum atomic E-state index is 13.3. The Bertz CT molecular complexity index is 1150. The largest absolute Gasteiger partial charge is 0.390 e. The van der Waals surface area contributed by atoms with Gasteiger partial charge in [-0.2, -0.15) is 0 Å². The predicted octanol–water partition coefficient (Wildman–Crippen LogP) is 3.01. The number of hydrogen-bond acceptors (Lipinski definition) is 7. The molecule has 2 atom stereocenters. The maximum absolute atomic E-state index is 13.3. The number of nitrogens with zero attached hydrogens (tertiary/aromatic N) is 4. The van der Waals surface area contributed by atoms with Gasteiger partial charge in [0.15, 0.2) is 0 Å². The normalized spacial score (nSPS) is 31.1. The molecule has 1 aliphatic heterocycles. The van der Waals surface area contributed by atoms with Gasteiger partial charge in [-0.25, -0.2) is 4.98 Å². The number of nitrogens with one attached hydrogen (secondary N) is 1. The fourth-order valence-electron chi connectivity index (χ4n) is 7.52. The summed E-state index contributed by atoms with van der Waals surface area (Å²) in [5.74, 6) is 2.16. The lowest BCUT2D eigenvalue weighted by atomic mass is 9.52. The Kier molecular flexibility index (Phi) is 5.95. The fraction of sp³-hybridized carbons (Fsp3) is 0.621. The Morgan fingerprint density at radius 2 is 1.70 bits per heavy atom. The van der Waals surface area contributed by atoms with Crippen LogP contribution in [0, 0.1) is 24.7 Å². The lowest BCUT2D eigenvalue weighted by Crippen LogP contribution is -2.61. The van der Waals surface area contributed by atoms with Crippen molar-refractivity contribution in [3.8, 4) is 0 Å². The summed E-state index contributed by atoms with van der Waals surface area (Å²) in [7, 11) is 0. The molecule has 7 rings (SSSR count). The maximum Gasteiger partial charge on any atom is 0.270 e.